The summed E-state index contributed by atoms with van der Waals surface area (Å²) in [6.07, 6.45) is 0. The zero-order valence-corrected chi connectivity index (χ0v) is 11.2. The van der Waals surface area contributed by atoms with Crippen molar-refractivity contribution in [3.05, 3.63) is 34.1 Å². The van der Waals surface area contributed by atoms with Crippen molar-refractivity contribution in [1.82, 2.24) is 4.90 Å². The van der Waals surface area contributed by atoms with E-state index in [1.54, 1.807) is 17.0 Å². The lowest BCUT2D eigenvalue weighted by atomic mass is 10.1. The average Bonchev–Trinajstić information content (AvgIpc) is 2.22. The number of amides is 1. The van der Waals surface area contributed by atoms with E-state index in [-0.39, 0.29) is 16.4 Å². The fourth-order valence-electron chi connectivity index (χ4n) is 1.57. The summed E-state index contributed by atoms with van der Waals surface area (Å²) in [6, 6.07) is 4.60. The molecule has 0 saturated carbocycles. The molecular formula is C12H15BrFNO. The van der Waals surface area contributed by atoms with Gasteiger partial charge in [0.25, 0.3) is 5.91 Å². The third-order valence-corrected chi connectivity index (χ3v) is 3.21. The van der Waals surface area contributed by atoms with Crippen LogP contribution in [0.4, 0.5) is 4.39 Å². The van der Waals surface area contributed by atoms with Crippen LogP contribution in [-0.2, 0) is 0 Å². The molecule has 0 aromatic heterocycles. The summed E-state index contributed by atoms with van der Waals surface area (Å²) in [5.74, 6) is -0.561. The number of rotatable bonds is 3. The Morgan fingerprint density at radius 1 is 1.50 bits per heavy atom. The molecule has 1 rings (SSSR count). The third-order valence-electron chi connectivity index (χ3n) is 2.41. The number of carbonyl (C=O) groups is 1. The summed E-state index contributed by atoms with van der Waals surface area (Å²) in [4.78, 5) is 13.8. The molecule has 0 atom stereocenters. The van der Waals surface area contributed by atoms with Crippen LogP contribution in [0.2, 0.25) is 0 Å². The van der Waals surface area contributed by atoms with Gasteiger partial charge in [-0.15, -0.1) is 0 Å². The summed E-state index contributed by atoms with van der Waals surface area (Å²) in [5.41, 5.74) is 0.371. The Balaban J connectivity index is 3.09. The molecule has 88 valence electrons. The van der Waals surface area contributed by atoms with Crippen LogP contribution in [0, 0.1) is 5.82 Å². The summed E-state index contributed by atoms with van der Waals surface area (Å²) < 4.78 is 13.5. The summed E-state index contributed by atoms with van der Waals surface area (Å²) in [5, 5.41) is 0. The largest absolute Gasteiger partial charge is 0.336 e. The van der Waals surface area contributed by atoms with Crippen molar-refractivity contribution in [3.8, 4) is 0 Å². The van der Waals surface area contributed by atoms with E-state index in [1.807, 2.05) is 20.8 Å². The predicted molar refractivity (Wildman–Crippen MR) is 65.9 cm³/mol. The monoisotopic (exact) mass is 287 g/mol. The molecule has 0 saturated heterocycles. The van der Waals surface area contributed by atoms with Crippen molar-refractivity contribution < 1.29 is 9.18 Å². The van der Waals surface area contributed by atoms with Crippen molar-refractivity contribution in [3.63, 3.8) is 0 Å². The molecule has 0 aliphatic rings. The van der Waals surface area contributed by atoms with E-state index in [4.69, 9.17) is 0 Å². The highest BCUT2D eigenvalue weighted by atomic mass is 79.9. The molecule has 0 spiro atoms. The van der Waals surface area contributed by atoms with Gasteiger partial charge in [0.15, 0.2) is 0 Å². The van der Waals surface area contributed by atoms with Crippen LogP contribution < -0.4 is 0 Å². The maximum atomic E-state index is 13.3. The first kappa shape index (κ1) is 13.2. The van der Waals surface area contributed by atoms with Gasteiger partial charge in [0.1, 0.15) is 5.82 Å². The Hall–Kier alpha value is -0.900. The Labute approximate surface area is 104 Å². The topological polar surface area (TPSA) is 20.3 Å². The van der Waals surface area contributed by atoms with Crippen molar-refractivity contribution in [2.24, 2.45) is 0 Å². The molecule has 0 N–H and O–H groups in total. The van der Waals surface area contributed by atoms with Gasteiger partial charge in [-0.25, -0.2) is 4.39 Å². The molecule has 0 heterocycles. The van der Waals surface area contributed by atoms with Crippen LogP contribution in [0.15, 0.2) is 22.7 Å². The second-order valence-electron chi connectivity index (χ2n) is 3.79. The number of benzene rings is 1. The fourth-order valence-corrected chi connectivity index (χ4v) is 2.00. The second kappa shape index (κ2) is 5.43. The molecule has 0 bridgehead atoms. The lowest BCUT2D eigenvalue weighted by Gasteiger charge is -2.25. The highest BCUT2D eigenvalue weighted by Crippen LogP contribution is 2.22. The van der Waals surface area contributed by atoms with E-state index in [0.717, 1.165) is 0 Å². The highest BCUT2D eigenvalue weighted by Gasteiger charge is 2.20. The Morgan fingerprint density at radius 3 is 2.62 bits per heavy atom. The molecule has 0 aliphatic heterocycles. The highest BCUT2D eigenvalue weighted by molar-refractivity contribution is 9.10. The molecule has 1 amide bonds. The number of hydrogen-bond acceptors (Lipinski definition) is 1. The van der Waals surface area contributed by atoms with Crippen LogP contribution in [0.25, 0.3) is 0 Å². The van der Waals surface area contributed by atoms with E-state index in [2.05, 4.69) is 15.9 Å². The van der Waals surface area contributed by atoms with Gasteiger partial charge >= 0.3 is 0 Å². The maximum absolute atomic E-state index is 13.3. The predicted octanol–water partition coefficient (Wildman–Crippen LogP) is 3.46. The van der Waals surface area contributed by atoms with Crippen LogP contribution in [0.1, 0.15) is 31.1 Å². The van der Waals surface area contributed by atoms with E-state index in [0.29, 0.717) is 12.1 Å². The molecular weight excluding hydrogens is 273 g/mol. The van der Waals surface area contributed by atoms with Gasteiger partial charge in [-0.3, -0.25) is 4.79 Å². The first-order valence-electron chi connectivity index (χ1n) is 5.24. The molecule has 1 aromatic carbocycles. The lowest BCUT2D eigenvalue weighted by molar-refractivity contribution is 0.0715. The molecule has 1 aromatic rings. The van der Waals surface area contributed by atoms with Crippen molar-refractivity contribution in [2.45, 2.75) is 26.8 Å². The van der Waals surface area contributed by atoms with Gasteiger partial charge in [0.2, 0.25) is 0 Å². The van der Waals surface area contributed by atoms with Crippen molar-refractivity contribution >= 4 is 21.8 Å². The first-order chi connectivity index (χ1) is 7.49. The van der Waals surface area contributed by atoms with Crippen molar-refractivity contribution in [1.29, 1.82) is 0 Å². The minimum Gasteiger partial charge on any atom is -0.336 e. The maximum Gasteiger partial charge on any atom is 0.255 e. The molecule has 16 heavy (non-hydrogen) atoms. The normalized spacial score (nSPS) is 10.6. The van der Waals surface area contributed by atoms with Gasteiger partial charge in [-0.1, -0.05) is 6.07 Å². The quantitative estimate of drug-likeness (QED) is 0.834. The number of nitrogens with zero attached hydrogens (tertiary/aromatic N) is 1. The average molecular weight is 288 g/mol. The number of carbonyl (C=O) groups excluding carboxylic acids is 1. The van der Waals surface area contributed by atoms with Crippen LogP contribution >= 0.6 is 15.9 Å². The van der Waals surface area contributed by atoms with Crippen LogP contribution in [-0.4, -0.2) is 23.4 Å². The summed E-state index contributed by atoms with van der Waals surface area (Å²) in [6.45, 7) is 6.40. The summed E-state index contributed by atoms with van der Waals surface area (Å²) >= 11 is 3.10. The molecule has 0 aliphatic carbocycles. The van der Waals surface area contributed by atoms with Crippen LogP contribution in [0.5, 0.6) is 0 Å². The first-order valence-corrected chi connectivity index (χ1v) is 6.03. The fraction of sp³-hybridized carbons (Fsp3) is 0.417. The number of halogens is 2. The second-order valence-corrected chi connectivity index (χ2v) is 4.58. The summed E-state index contributed by atoms with van der Waals surface area (Å²) in [7, 11) is 0. The molecule has 0 unspecified atom stereocenters. The van der Waals surface area contributed by atoms with E-state index in [1.165, 1.54) is 6.07 Å². The van der Waals surface area contributed by atoms with Gasteiger partial charge in [0.05, 0.1) is 10.0 Å². The molecule has 2 nitrogen and oxygen atoms in total. The molecule has 4 heteroatoms. The standard InChI is InChI=1S/C12H15BrFNO/c1-4-15(8(2)3)12(16)9-6-5-7-10(14)11(9)13/h5-8H,4H2,1-3H3. The molecule has 0 radical (unpaired) electrons. The van der Waals surface area contributed by atoms with E-state index >= 15 is 0 Å². The molecule has 0 fully saturated rings. The smallest absolute Gasteiger partial charge is 0.255 e. The minimum absolute atomic E-state index is 0.104. The van der Waals surface area contributed by atoms with Gasteiger partial charge in [-0.05, 0) is 48.8 Å². The zero-order chi connectivity index (χ0) is 12.3. The Morgan fingerprint density at radius 2 is 2.12 bits per heavy atom. The minimum atomic E-state index is -0.411. The number of hydrogen-bond donors (Lipinski definition) is 0. The van der Waals surface area contributed by atoms with Crippen molar-refractivity contribution in [2.75, 3.05) is 6.54 Å². The van der Waals surface area contributed by atoms with Crippen LogP contribution in [0.3, 0.4) is 0 Å². The lowest BCUT2D eigenvalue weighted by Crippen LogP contribution is -2.36. The Kier molecular flexibility index (Phi) is 4.47. The van der Waals surface area contributed by atoms with Gasteiger partial charge in [0, 0.05) is 12.6 Å². The zero-order valence-electron chi connectivity index (χ0n) is 9.63. The van der Waals surface area contributed by atoms with E-state index < -0.39 is 5.82 Å². The Bertz CT molecular complexity index is 393. The SMILES string of the molecule is CCN(C(=O)c1cccc(F)c1Br)C(C)C. The van der Waals surface area contributed by atoms with Gasteiger partial charge < -0.3 is 4.90 Å². The van der Waals surface area contributed by atoms with E-state index in [9.17, 15) is 9.18 Å². The van der Waals surface area contributed by atoms with Gasteiger partial charge in [-0.2, -0.15) is 0 Å². The third kappa shape index (κ3) is 2.61.